The second-order valence-corrected chi connectivity index (χ2v) is 6.85. The van der Waals surface area contributed by atoms with Crippen LogP contribution in [0.25, 0.3) is 10.9 Å². The van der Waals surface area contributed by atoms with Gasteiger partial charge in [0.1, 0.15) is 5.82 Å². The lowest BCUT2D eigenvalue weighted by Gasteiger charge is -2.10. The van der Waals surface area contributed by atoms with Gasteiger partial charge < -0.3 is 4.98 Å². The molecule has 0 spiro atoms. The molecule has 16 heavy (non-hydrogen) atoms. The van der Waals surface area contributed by atoms with Gasteiger partial charge in [0, 0.05) is 20.4 Å². The van der Waals surface area contributed by atoms with Gasteiger partial charge in [0.2, 0.25) is 0 Å². The first kappa shape index (κ1) is 11.3. The molecule has 1 aliphatic heterocycles. The minimum Gasteiger partial charge on any atom is -0.357 e. The van der Waals surface area contributed by atoms with Gasteiger partial charge in [-0.05, 0) is 62.3 Å². The Kier molecular flexibility index (Phi) is 2.96. The average Bonchev–Trinajstić information content (AvgIpc) is 2.66. The number of hydrogen-bond donors (Lipinski definition) is 1. The predicted octanol–water partition coefficient (Wildman–Crippen LogP) is 4.46. The molecule has 0 aliphatic carbocycles. The van der Waals surface area contributed by atoms with Gasteiger partial charge in [0.15, 0.2) is 0 Å². The Morgan fingerprint density at radius 1 is 1.50 bits per heavy atom. The van der Waals surface area contributed by atoms with Gasteiger partial charge in [0.25, 0.3) is 0 Å². The second kappa shape index (κ2) is 4.17. The highest BCUT2D eigenvalue weighted by molar-refractivity contribution is 14.1. The Balaban J connectivity index is 2.43. The van der Waals surface area contributed by atoms with E-state index in [9.17, 15) is 4.39 Å². The Morgan fingerprint density at radius 3 is 3.12 bits per heavy atom. The van der Waals surface area contributed by atoms with Crippen LogP contribution in [-0.2, 0) is 12.2 Å². The first-order chi connectivity index (χ1) is 7.68. The van der Waals surface area contributed by atoms with Gasteiger partial charge >= 0.3 is 0 Å². The summed E-state index contributed by atoms with van der Waals surface area (Å²) in [6, 6.07) is 1.57. The van der Waals surface area contributed by atoms with Gasteiger partial charge in [-0.1, -0.05) is 0 Å². The first-order valence-electron chi connectivity index (χ1n) is 4.93. The van der Waals surface area contributed by atoms with Gasteiger partial charge in [-0.25, -0.2) is 4.39 Å². The predicted molar refractivity (Wildman–Crippen MR) is 78.5 cm³/mol. The molecule has 1 nitrogen and oxygen atoms in total. The van der Waals surface area contributed by atoms with E-state index in [1.807, 2.05) is 11.8 Å². The lowest BCUT2D eigenvalue weighted by atomic mass is 10.1. The van der Waals surface area contributed by atoms with Crippen molar-refractivity contribution in [3.8, 4) is 0 Å². The summed E-state index contributed by atoms with van der Waals surface area (Å²) >= 11 is 7.46. The van der Waals surface area contributed by atoms with Crippen molar-refractivity contribution in [1.82, 2.24) is 4.98 Å². The largest absolute Gasteiger partial charge is 0.357 e. The number of rotatable bonds is 0. The smallest absolute Gasteiger partial charge is 0.139 e. The maximum Gasteiger partial charge on any atom is 0.139 e. The number of aromatic nitrogens is 1. The molecule has 0 saturated carbocycles. The topological polar surface area (TPSA) is 15.8 Å². The number of H-pyrrole nitrogens is 1. The number of halogens is 3. The molecular weight excluding hydrogens is 404 g/mol. The van der Waals surface area contributed by atoms with E-state index in [1.54, 1.807) is 6.07 Å². The number of aromatic amines is 1. The van der Waals surface area contributed by atoms with Crippen LogP contribution in [-0.4, -0.2) is 10.7 Å². The van der Waals surface area contributed by atoms with Gasteiger partial charge in [-0.2, -0.15) is 11.8 Å². The molecule has 2 heterocycles. The van der Waals surface area contributed by atoms with E-state index in [0.717, 1.165) is 32.4 Å². The minimum absolute atomic E-state index is 0.172. The number of fused-ring (bicyclic) bond motifs is 3. The number of aryl methyl sites for hydroxylation is 1. The van der Waals surface area contributed by atoms with Crippen molar-refractivity contribution >= 4 is 61.2 Å². The maximum absolute atomic E-state index is 13.7. The molecule has 0 unspecified atom stereocenters. The first-order valence-corrected chi connectivity index (χ1v) is 7.96. The molecular formula is C11H8BrFINS. The summed E-state index contributed by atoms with van der Waals surface area (Å²) in [5.74, 6) is 1.96. The van der Waals surface area contributed by atoms with Gasteiger partial charge in [-0.3, -0.25) is 0 Å². The third-order valence-electron chi connectivity index (χ3n) is 2.86. The number of benzene rings is 1. The van der Waals surface area contributed by atoms with Crippen LogP contribution in [0.1, 0.15) is 11.3 Å². The van der Waals surface area contributed by atoms with E-state index < -0.39 is 0 Å². The third-order valence-corrected chi connectivity index (χ3v) is 5.47. The summed E-state index contributed by atoms with van der Waals surface area (Å²) in [6.07, 6.45) is 1.05. The van der Waals surface area contributed by atoms with E-state index in [0.29, 0.717) is 4.47 Å². The molecule has 1 aromatic carbocycles. The van der Waals surface area contributed by atoms with Crippen molar-refractivity contribution in [2.24, 2.45) is 0 Å². The van der Waals surface area contributed by atoms with Crippen molar-refractivity contribution in [2.45, 2.75) is 12.2 Å². The molecule has 0 radical (unpaired) electrons. The fourth-order valence-electron chi connectivity index (χ4n) is 2.10. The molecule has 1 N–H and O–H groups in total. The van der Waals surface area contributed by atoms with Gasteiger partial charge in [-0.15, -0.1) is 0 Å². The summed E-state index contributed by atoms with van der Waals surface area (Å²) in [6.45, 7) is 0. The molecule has 5 heteroatoms. The fraction of sp³-hybridized carbons (Fsp3) is 0.273. The van der Waals surface area contributed by atoms with E-state index in [4.69, 9.17) is 0 Å². The molecule has 0 saturated heterocycles. The van der Waals surface area contributed by atoms with E-state index in [1.165, 1.54) is 11.3 Å². The van der Waals surface area contributed by atoms with E-state index >= 15 is 0 Å². The highest BCUT2D eigenvalue weighted by atomic mass is 127. The second-order valence-electron chi connectivity index (χ2n) is 3.79. The van der Waals surface area contributed by atoms with Crippen LogP contribution in [0.5, 0.6) is 0 Å². The van der Waals surface area contributed by atoms with Crippen molar-refractivity contribution in [1.29, 1.82) is 0 Å². The maximum atomic E-state index is 13.7. The molecule has 2 aromatic rings. The zero-order valence-electron chi connectivity index (χ0n) is 8.24. The van der Waals surface area contributed by atoms with Crippen molar-refractivity contribution in [3.63, 3.8) is 0 Å². The summed E-state index contributed by atoms with van der Waals surface area (Å²) < 4.78 is 15.2. The molecule has 0 fully saturated rings. The quantitative estimate of drug-likeness (QED) is 0.499. The summed E-state index contributed by atoms with van der Waals surface area (Å²) in [7, 11) is 0. The van der Waals surface area contributed by atoms with Crippen LogP contribution in [0.15, 0.2) is 10.5 Å². The average molecular weight is 412 g/mol. The summed E-state index contributed by atoms with van der Waals surface area (Å²) in [4.78, 5) is 3.43. The summed E-state index contributed by atoms with van der Waals surface area (Å²) in [5.41, 5.74) is 3.62. The molecule has 1 aliphatic rings. The van der Waals surface area contributed by atoms with Crippen molar-refractivity contribution < 1.29 is 4.39 Å². The molecule has 84 valence electrons. The molecule has 1 aromatic heterocycles. The zero-order valence-corrected chi connectivity index (χ0v) is 12.8. The standard InChI is InChI=1S/C11H8BrFINS/c12-10-6(13)3-7(14)11-9(10)5-4-16-2-1-8(5)15-11/h3,15H,1-2,4H2. The Hall–Kier alpha value is 0.250. The van der Waals surface area contributed by atoms with Crippen LogP contribution < -0.4 is 0 Å². The Labute approximate surface area is 119 Å². The van der Waals surface area contributed by atoms with Crippen LogP contribution in [0.2, 0.25) is 0 Å². The van der Waals surface area contributed by atoms with Gasteiger partial charge in [0.05, 0.1) is 9.99 Å². The molecule has 0 atom stereocenters. The lowest BCUT2D eigenvalue weighted by Crippen LogP contribution is -2.00. The number of nitrogens with one attached hydrogen (secondary N) is 1. The zero-order chi connectivity index (χ0) is 11.3. The Morgan fingerprint density at radius 2 is 2.31 bits per heavy atom. The number of thioether (sulfide) groups is 1. The van der Waals surface area contributed by atoms with Crippen LogP contribution in [0.4, 0.5) is 4.39 Å². The van der Waals surface area contributed by atoms with Crippen LogP contribution in [0.3, 0.4) is 0 Å². The highest BCUT2D eigenvalue weighted by Crippen LogP contribution is 2.38. The SMILES string of the molecule is Fc1cc(I)c2[nH]c3c(c2c1Br)CSCC3. The monoisotopic (exact) mass is 411 g/mol. The highest BCUT2D eigenvalue weighted by Gasteiger charge is 2.20. The normalized spacial score (nSPS) is 15.4. The van der Waals surface area contributed by atoms with Crippen LogP contribution in [0, 0.1) is 9.39 Å². The van der Waals surface area contributed by atoms with Crippen molar-refractivity contribution in [2.75, 3.05) is 5.75 Å². The van der Waals surface area contributed by atoms with Crippen LogP contribution >= 0.6 is 50.3 Å². The molecule has 0 amide bonds. The fourth-order valence-corrected chi connectivity index (χ4v) is 4.34. The lowest BCUT2D eigenvalue weighted by molar-refractivity contribution is 0.622. The molecule has 3 rings (SSSR count). The Bertz CT molecular complexity index is 581. The minimum atomic E-state index is -0.172. The number of hydrogen-bond acceptors (Lipinski definition) is 1. The van der Waals surface area contributed by atoms with E-state index in [-0.39, 0.29) is 5.82 Å². The summed E-state index contributed by atoms with van der Waals surface area (Å²) in [5, 5.41) is 1.03. The molecule has 0 bridgehead atoms. The third kappa shape index (κ3) is 1.62. The van der Waals surface area contributed by atoms with Crippen molar-refractivity contribution in [3.05, 3.63) is 31.2 Å². The van der Waals surface area contributed by atoms with E-state index in [2.05, 4.69) is 43.5 Å².